The van der Waals surface area contributed by atoms with E-state index in [1.165, 1.54) is 6.20 Å². The van der Waals surface area contributed by atoms with E-state index >= 15 is 0 Å². The summed E-state index contributed by atoms with van der Waals surface area (Å²) < 4.78 is 30.3. The largest absolute Gasteiger partial charge is 0.433 e. The van der Waals surface area contributed by atoms with Gasteiger partial charge in [0.1, 0.15) is 5.75 Å². The zero-order chi connectivity index (χ0) is 10.8. The van der Waals surface area contributed by atoms with Gasteiger partial charge in [0.25, 0.3) is 0 Å². The van der Waals surface area contributed by atoms with Crippen molar-refractivity contribution in [3.05, 3.63) is 23.5 Å². The molecule has 1 aromatic rings. The standard InChI is InChI=1S/C9H11F2N2OP/c10-9(11)14-7-3-6-5-13(15)2-1-8(6)12-4-7/h3-4,9H,1-2,5,15H2. The second-order valence-corrected chi connectivity index (χ2v) is 4.11. The predicted octanol–water partition coefficient (Wildman–Crippen LogP) is 1.83. The Labute approximate surface area is 88.7 Å². The van der Waals surface area contributed by atoms with Crippen molar-refractivity contribution in [1.82, 2.24) is 9.65 Å². The van der Waals surface area contributed by atoms with Crippen molar-refractivity contribution in [3.8, 4) is 5.75 Å². The molecule has 0 aliphatic carbocycles. The van der Waals surface area contributed by atoms with E-state index in [1.54, 1.807) is 6.07 Å². The second kappa shape index (κ2) is 4.37. The zero-order valence-corrected chi connectivity index (χ0v) is 9.14. The van der Waals surface area contributed by atoms with Gasteiger partial charge in [-0.25, -0.2) is 0 Å². The van der Waals surface area contributed by atoms with Gasteiger partial charge in [-0.1, -0.05) is 9.39 Å². The fourth-order valence-corrected chi connectivity index (χ4v) is 1.92. The number of rotatable bonds is 2. The maximum Gasteiger partial charge on any atom is 0.387 e. The molecule has 15 heavy (non-hydrogen) atoms. The van der Waals surface area contributed by atoms with E-state index in [9.17, 15) is 8.78 Å². The summed E-state index contributed by atoms with van der Waals surface area (Å²) in [6.45, 7) is -1.17. The Kier molecular flexibility index (Phi) is 3.12. The van der Waals surface area contributed by atoms with E-state index in [0.717, 1.165) is 24.2 Å². The minimum absolute atomic E-state index is 0.129. The molecule has 1 atom stereocenters. The highest BCUT2D eigenvalue weighted by atomic mass is 31.0. The van der Waals surface area contributed by atoms with Crippen LogP contribution in [0.2, 0.25) is 0 Å². The Balaban J connectivity index is 2.20. The van der Waals surface area contributed by atoms with Crippen LogP contribution in [0.1, 0.15) is 11.3 Å². The van der Waals surface area contributed by atoms with Crippen LogP contribution in [0.25, 0.3) is 0 Å². The summed E-state index contributed by atoms with van der Waals surface area (Å²) in [6.07, 6.45) is 2.19. The third kappa shape index (κ3) is 2.61. The van der Waals surface area contributed by atoms with Crippen LogP contribution < -0.4 is 4.74 Å². The molecule has 0 fully saturated rings. The average molecular weight is 232 g/mol. The Morgan fingerprint density at radius 2 is 2.33 bits per heavy atom. The van der Waals surface area contributed by atoms with E-state index < -0.39 is 6.61 Å². The first-order valence-corrected chi connectivity index (χ1v) is 5.09. The number of halogens is 2. The van der Waals surface area contributed by atoms with E-state index in [0.29, 0.717) is 6.54 Å². The van der Waals surface area contributed by atoms with Gasteiger partial charge >= 0.3 is 6.61 Å². The van der Waals surface area contributed by atoms with Crippen LogP contribution in [0.5, 0.6) is 5.75 Å². The predicted molar refractivity (Wildman–Crippen MR) is 54.7 cm³/mol. The molecule has 1 aliphatic rings. The van der Waals surface area contributed by atoms with Crippen LogP contribution in [-0.4, -0.2) is 22.8 Å². The molecular formula is C9H11F2N2OP. The lowest BCUT2D eigenvalue weighted by Gasteiger charge is -2.23. The Hall–Kier alpha value is -0.800. The van der Waals surface area contributed by atoms with E-state index in [2.05, 4.69) is 19.1 Å². The van der Waals surface area contributed by atoms with Crippen LogP contribution in [0, 0.1) is 0 Å². The van der Waals surface area contributed by atoms with Gasteiger partial charge in [0.05, 0.1) is 6.20 Å². The van der Waals surface area contributed by atoms with Gasteiger partial charge < -0.3 is 4.74 Å². The highest BCUT2D eigenvalue weighted by Gasteiger charge is 2.16. The molecule has 0 spiro atoms. The molecule has 6 heteroatoms. The number of hydrogen-bond acceptors (Lipinski definition) is 3. The molecule has 1 unspecified atom stereocenters. The van der Waals surface area contributed by atoms with Crippen molar-refractivity contribution in [3.63, 3.8) is 0 Å². The number of hydrogen-bond donors (Lipinski definition) is 0. The van der Waals surface area contributed by atoms with E-state index in [4.69, 9.17) is 0 Å². The highest BCUT2D eigenvalue weighted by Crippen LogP contribution is 2.23. The minimum Gasteiger partial charge on any atom is -0.433 e. The Morgan fingerprint density at radius 1 is 1.53 bits per heavy atom. The molecule has 1 aromatic heterocycles. The van der Waals surface area contributed by atoms with Crippen molar-refractivity contribution in [2.45, 2.75) is 19.6 Å². The molecular weight excluding hydrogens is 221 g/mol. The summed E-state index contributed by atoms with van der Waals surface area (Å²) in [5, 5.41) is 0. The molecule has 2 heterocycles. The molecule has 0 saturated carbocycles. The van der Waals surface area contributed by atoms with Crippen LogP contribution in [-0.2, 0) is 13.0 Å². The normalized spacial score (nSPS) is 16.5. The smallest absolute Gasteiger partial charge is 0.387 e. The van der Waals surface area contributed by atoms with Crippen LogP contribution in [0.4, 0.5) is 8.78 Å². The first-order valence-electron chi connectivity index (χ1n) is 4.57. The van der Waals surface area contributed by atoms with Crippen LogP contribution >= 0.6 is 9.39 Å². The summed E-state index contributed by atoms with van der Waals surface area (Å²) >= 11 is 0. The molecule has 3 nitrogen and oxygen atoms in total. The topological polar surface area (TPSA) is 25.4 Å². The number of alkyl halides is 2. The molecule has 0 N–H and O–H groups in total. The summed E-state index contributed by atoms with van der Waals surface area (Å²) in [4.78, 5) is 4.11. The minimum atomic E-state index is -2.79. The van der Waals surface area contributed by atoms with E-state index in [-0.39, 0.29) is 5.75 Å². The van der Waals surface area contributed by atoms with Gasteiger partial charge in [-0.15, -0.1) is 0 Å². The van der Waals surface area contributed by atoms with Crippen molar-refractivity contribution >= 4 is 9.39 Å². The third-order valence-electron chi connectivity index (χ3n) is 2.27. The summed E-state index contributed by atoms with van der Waals surface area (Å²) in [7, 11) is 2.59. The quantitative estimate of drug-likeness (QED) is 0.727. The molecule has 0 radical (unpaired) electrons. The number of ether oxygens (including phenoxy) is 1. The summed E-state index contributed by atoms with van der Waals surface area (Å²) in [5.74, 6) is 0.129. The van der Waals surface area contributed by atoms with Gasteiger partial charge in [0.15, 0.2) is 0 Å². The molecule has 0 saturated heterocycles. The average Bonchev–Trinajstić information content (AvgIpc) is 2.16. The van der Waals surface area contributed by atoms with Gasteiger partial charge in [-0.05, 0) is 11.6 Å². The second-order valence-electron chi connectivity index (χ2n) is 3.38. The molecule has 2 rings (SSSR count). The summed E-state index contributed by atoms with van der Waals surface area (Å²) in [5.41, 5.74) is 1.92. The SMILES string of the molecule is FC(F)Oc1cnc2c(c1)CN(P)CC2. The fourth-order valence-electron chi connectivity index (χ4n) is 1.59. The maximum atomic E-state index is 12.0. The van der Waals surface area contributed by atoms with Gasteiger partial charge in [0.2, 0.25) is 0 Å². The highest BCUT2D eigenvalue weighted by molar-refractivity contribution is 7.13. The van der Waals surface area contributed by atoms with Crippen LogP contribution in [0.3, 0.4) is 0 Å². The molecule has 1 aliphatic heterocycles. The number of fused-ring (bicyclic) bond motifs is 1. The molecule has 0 bridgehead atoms. The lowest BCUT2D eigenvalue weighted by atomic mass is 10.1. The van der Waals surface area contributed by atoms with Crippen LogP contribution in [0.15, 0.2) is 12.3 Å². The third-order valence-corrected chi connectivity index (χ3v) is 2.71. The number of nitrogens with zero attached hydrogens (tertiary/aromatic N) is 2. The first-order chi connectivity index (χ1) is 7.15. The fraction of sp³-hybridized carbons (Fsp3) is 0.444. The number of pyridine rings is 1. The zero-order valence-electron chi connectivity index (χ0n) is 7.99. The Morgan fingerprint density at radius 3 is 3.07 bits per heavy atom. The lowest BCUT2D eigenvalue weighted by molar-refractivity contribution is -0.0501. The van der Waals surface area contributed by atoms with Crippen molar-refractivity contribution in [2.75, 3.05) is 6.54 Å². The maximum absolute atomic E-state index is 12.0. The number of aromatic nitrogens is 1. The van der Waals surface area contributed by atoms with E-state index in [1.807, 2.05) is 4.67 Å². The van der Waals surface area contributed by atoms with Crippen molar-refractivity contribution < 1.29 is 13.5 Å². The monoisotopic (exact) mass is 232 g/mol. The van der Waals surface area contributed by atoms with Gasteiger partial charge in [-0.2, -0.15) is 8.78 Å². The molecule has 0 amide bonds. The van der Waals surface area contributed by atoms with Crippen molar-refractivity contribution in [1.29, 1.82) is 0 Å². The molecule has 82 valence electrons. The Bertz CT molecular complexity index is 362. The summed E-state index contributed by atoms with van der Waals surface area (Å²) in [6, 6.07) is 1.63. The van der Waals surface area contributed by atoms with Crippen molar-refractivity contribution in [2.24, 2.45) is 0 Å². The first kappa shape index (κ1) is 10.7. The van der Waals surface area contributed by atoms with Gasteiger partial charge in [-0.3, -0.25) is 9.65 Å². The van der Waals surface area contributed by atoms with Gasteiger partial charge in [0, 0.05) is 25.2 Å². The molecule has 0 aromatic carbocycles. The lowest BCUT2D eigenvalue weighted by Crippen LogP contribution is -2.22.